The summed E-state index contributed by atoms with van der Waals surface area (Å²) in [4.78, 5) is 13.1. The van der Waals surface area contributed by atoms with Gasteiger partial charge in [-0.25, -0.2) is 4.39 Å². The van der Waals surface area contributed by atoms with E-state index in [2.05, 4.69) is 15.9 Å². The van der Waals surface area contributed by atoms with Crippen LogP contribution in [0.15, 0.2) is 22.7 Å². The molecule has 0 spiro atoms. The van der Waals surface area contributed by atoms with E-state index in [0.717, 1.165) is 17.9 Å². The van der Waals surface area contributed by atoms with Crippen molar-refractivity contribution in [1.82, 2.24) is 4.90 Å². The zero-order chi connectivity index (χ0) is 13.1. The molecule has 1 atom stereocenters. The van der Waals surface area contributed by atoms with Crippen LogP contribution in [-0.4, -0.2) is 40.1 Å². The Balaban J connectivity index is 2.13. The molecular formula is C12H13BrFNO2S. The second kappa shape index (κ2) is 6.04. The first-order valence-corrected chi connectivity index (χ1v) is 7.51. The summed E-state index contributed by atoms with van der Waals surface area (Å²) < 4.78 is 13.7. The highest BCUT2D eigenvalue weighted by atomic mass is 79.9. The summed E-state index contributed by atoms with van der Waals surface area (Å²) in [5, 5.41) is 9.17. The molecule has 0 aliphatic carbocycles. The van der Waals surface area contributed by atoms with Gasteiger partial charge in [0.05, 0.1) is 0 Å². The van der Waals surface area contributed by atoms with Crippen molar-refractivity contribution in [2.24, 2.45) is 0 Å². The first-order chi connectivity index (χ1) is 8.58. The SMILES string of the molecule is O=C(O)C1CSCCN1Cc1ccc(F)cc1Br. The average molecular weight is 334 g/mol. The van der Waals surface area contributed by atoms with Crippen molar-refractivity contribution in [3.8, 4) is 0 Å². The molecule has 0 radical (unpaired) electrons. The molecule has 98 valence electrons. The molecule has 1 heterocycles. The molecule has 2 rings (SSSR count). The third kappa shape index (κ3) is 3.24. The van der Waals surface area contributed by atoms with Crippen LogP contribution in [0.25, 0.3) is 0 Å². The minimum Gasteiger partial charge on any atom is -0.480 e. The largest absolute Gasteiger partial charge is 0.480 e. The number of carboxylic acid groups (broad SMARTS) is 1. The molecule has 0 aromatic heterocycles. The van der Waals surface area contributed by atoms with Crippen molar-refractivity contribution in [1.29, 1.82) is 0 Å². The highest BCUT2D eigenvalue weighted by Crippen LogP contribution is 2.24. The van der Waals surface area contributed by atoms with Gasteiger partial charge in [-0.2, -0.15) is 11.8 Å². The van der Waals surface area contributed by atoms with Crippen molar-refractivity contribution >= 4 is 33.7 Å². The minimum absolute atomic E-state index is 0.297. The quantitative estimate of drug-likeness (QED) is 0.923. The van der Waals surface area contributed by atoms with E-state index in [9.17, 15) is 14.3 Å². The van der Waals surface area contributed by atoms with Crippen LogP contribution in [0.2, 0.25) is 0 Å². The molecule has 18 heavy (non-hydrogen) atoms. The Morgan fingerprint density at radius 2 is 2.39 bits per heavy atom. The Labute approximate surface area is 117 Å². The standard InChI is InChI=1S/C12H13BrFNO2S/c13-10-5-9(14)2-1-8(10)6-15-3-4-18-7-11(15)12(16)17/h1-2,5,11H,3-4,6-7H2,(H,16,17). The molecular weight excluding hydrogens is 321 g/mol. The van der Waals surface area contributed by atoms with Crippen molar-refractivity contribution in [3.63, 3.8) is 0 Å². The maximum Gasteiger partial charge on any atom is 0.321 e. The molecule has 0 bridgehead atoms. The van der Waals surface area contributed by atoms with Gasteiger partial charge in [0.2, 0.25) is 0 Å². The Hall–Kier alpha value is -0.590. The van der Waals surface area contributed by atoms with Gasteiger partial charge in [-0.1, -0.05) is 22.0 Å². The van der Waals surface area contributed by atoms with Crippen LogP contribution in [0.3, 0.4) is 0 Å². The van der Waals surface area contributed by atoms with Crippen LogP contribution < -0.4 is 0 Å². The van der Waals surface area contributed by atoms with Crippen LogP contribution in [0, 0.1) is 5.82 Å². The second-order valence-corrected chi connectivity index (χ2v) is 6.14. The van der Waals surface area contributed by atoms with Gasteiger partial charge >= 0.3 is 5.97 Å². The lowest BCUT2D eigenvalue weighted by Gasteiger charge is -2.32. The van der Waals surface area contributed by atoms with E-state index in [1.54, 1.807) is 17.8 Å². The molecule has 1 aliphatic heterocycles. The smallest absolute Gasteiger partial charge is 0.321 e. The molecule has 1 unspecified atom stereocenters. The van der Waals surface area contributed by atoms with Crippen LogP contribution in [0.1, 0.15) is 5.56 Å². The fourth-order valence-corrected chi connectivity index (χ4v) is 3.51. The van der Waals surface area contributed by atoms with E-state index in [1.165, 1.54) is 12.1 Å². The van der Waals surface area contributed by atoms with Gasteiger partial charge in [0.25, 0.3) is 0 Å². The van der Waals surface area contributed by atoms with Gasteiger partial charge < -0.3 is 5.11 Å². The number of hydrogen-bond acceptors (Lipinski definition) is 3. The lowest BCUT2D eigenvalue weighted by molar-refractivity contribution is -0.142. The first-order valence-electron chi connectivity index (χ1n) is 5.56. The lowest BCUT2D eigenvalue weighted by Crippen LogP contribution is -2.46. The number of carboxylic acids is 1. The summed E-state index contributed by atoms with van der Waals surface area (Å²) in [6.07, 6.45) is 0. The summed E-state index contributed by atoms with van der Waals surface area (Å²) in [5.41, 5.74) is 0.912. The number of thioether (sulfide) groups is 1. The highest BCUT2D eigenvalue weighted by Gasteiger charge is 2.28. The highest BCUT2D eigenvalue weighted by molar-refractivity contribution is 9.10. The summed E-state index contributed by atoms with van der Waals surface area (Å²) >= 11 is 4.97. The lowest BCUT2D eigenvalue weighted by atomic mass is 10.1. The van der Waals surface area contributed by atoms with E-state index in [1.807, 2.05) is 4.90 Å². The second-order valence-electron chi connectivity index (χ2n) is 4.14. The Morgan fingerprint density at radius 1 is 1.61 bits per heavy atom. The van der Waals surface area contributed by atoms with E-state index in [-0.39, 0.29) is 5.82 Å². The number of carbonyl (C=O) groups is 1. The topological polar surface area (TPSA) is 40.5 Å². The van der Waals surface area contributed by atoms with Gasteiger partial charge in [-0.05, 0) is 17.7 Å². The normalized spacial score (nSPS) is 20.9. The van der Waals surface area contributed by atoms with Gasteiger partial charge in [-0.15, -0.1) is 0 Å². The van der Waals surface area contributed by atoms with Gasteiger partial charge in [-0.3, -0.25) is 9.69 Å². The van der Waals surface area contributed by atoms with Crippen molar-refractivity contribution in [2.75, 3.05) is 18.1 Å². The van der Waals surface area contributed by atoms with Crippen molar-refractivity contribution < 1.29 is 14.3 Å². The maximum atomic E-state index is 13.0. The number of nitrogens with zero attached hydrogens (tertiary/aromatic N) is 1. The number of hydrogen-bond donors (Lipinski definition) is 1. The number of rotatable bonds is 3. The average Bonchev–Trinajstić information content (AvgIpc) is 2.33. The molecule has 1 fully saturated rings. The molecule has 1 aromatic rings. The van der Waals surface area contributed by atoms with Crippen LogP contribution >= 0.6 is 27.7 Å². The zero-order valence-corrected chi connectivity index (χ0v) is 12.0. The summed E-state index contributed by atoms with van der Waals surface area (Å²) in [7, 11) is 0. The predicted octanol–water partition coefficient (Wildman–Crippen LogP) is 2.59. The van der Waals surface area contributed by atoms with Crippen LogP contribution in [0.5, 0.6) is 0 Å². The number of aliphatic carboxylic acids is 1. The molecule has 1 N–H and O–H groups in total. The van der Waals surface area contributed by atoms with Crippen molar-refractivity contribution in [3.05, 3.63) is 34.1 Å². The third-order valence-electron chi connectivity index (χ3n) is 2.91. The van der Waals surface area contributed by atoms with Crippen LogP contribution in [-0.2, 0) is 11.3 Å². The third-order valence-corrected chi connectivity index (χ3v) is 4.67. The molecule has 1 aromatic carbocycles. The predicted molar refractivity (Wildman–Crippen MR) is 73.3 cm³/mol. The molecule has 0 amide bonds. The van der Waals surface area contributed by atoms with Crippen LogP contribution in [0.4, 0.5) is 4.39 Å². The first kappa shape index (κ1) is 13.8. The van der Waals surface area contributed by atoms with Crippen molar-refractivity contribution in [2.45, 2.75) is 12.6 Å². The zero-order valence-electron chi connectivity index (χ0n) is 9.60. The summed E-state index contributed by atoms with van der Waals surface area (Å²) in [5.74, 6) is 0.451. The molecule has 0 saturated carbocycles. The fourth-order valence-electron chi connectivity index (χ4n) is 1.92. The Bertz CT molecular complexity index is 458. The summed E-state index contributed by atoms with van der Waals surface area (Å²) in [6, 6.07) is 4.04. The minimum atomic E-state index is -0.791. The maximum absolute atomic E-state index is 13.0. The van der Waals surface area contributed by atoms with E-state index < -0.39 is 12.0 Å². The fraction of sp³-hybridized carbons (Fsp3) is 0.417. The number of benzene rings is 1. The van der Waals surface area contributed by atoms with E-state index >= 15 is 0 Å². The molecule has 1 aliphatic rings. The molecule has 6 heteroatoms. The Morgan fingerprint density at radius 3 is 3.06 bits per heavy atom. The van der Waals surface area contributed by atoms with Gasteiger partial charge in [0.15, 0.2) is 0 Å². The number of halogens is 2. The van der Waals surface area contributed by atoms with Gasteiger partial charge in [0, 0.05) is 29.1 Å². The van der Waals surface area contributed by atoms with E-state index in [0.29, 0.717) is 16.8 Å². The van der Waals surface area contributed by atoms with Gasteiger partial charge in [0.1, 0.15) is 11.9 Å². The molecule has 1 saturated heterocycles. The Kier molecular flexibility index (Phi) is 4.64. The van der Waals surface area contributed by atoms with E-state index in [4.69, 9.17) is 0 Å². The summed E-state index contributed by atoms with van der Waals surface area (Å²) in [6.45, 7) is 1.27. The molecule has 3 nitrogen and oxygen atoms in total. The monoisotopic (exact) mass is 333 g/mol.